The van der Waals surface area contributed by atoms with Gasteiger partial charge >= 0.3 is 0 Å². The average molecular weight is 248 g/mol. The van der Waals surface area contributed by atoms with Gasteiger partial charge in [0.25, 0.3) is 0 Å². The number of imidazole rings is 1. The summed E-state index contributed by atoms with van der Waals surface area (Å²) >= 11 is 0. The second-order valence-corrected chi connectivity index (χ2v) is 4.39. The van der Waals surface area contributed by atoms with Crippen LogP contribution in [0, 0.1) is 18.3 Å². The highest BCUT2D eigenvalue weighted by atomic mass is 15.0. The molecule has 0 bridgehead atoms. The third-order valence-electron chi connectivity index (χ3n) is 3.03. The Kier molecular flexibility index (Phi) is 2.73. The van der Waals surface area contributed by atoms with Crippen LogP contribution in [-0.4, -0.2) is 14.4 Å². The van der Waals surface area contributed by atoms with E-state index >= 15 is 0 Å². The fourth-order valence-electron chi connectivity index (χ4n) is 2.15. The quantitative estimate of drug-likeness (QED) is 0.700. The number of hydrogen-bond acceptors (Lipinski definition) is 3. The minimum Gasteiger partial charge on any atom is -0.302 e. The van der Waals surface area contributed by atoms with Gasteiger partial charge in [-0.3, -0.25) is 4.98 Å². The maximum Gasteiger partial charge on any atom is 0.138 e. The van der Waals surface area contributed by atoms with Crippen LogP contribution in [0.4, 0.5) is 0 Å². The van der Waals surface area contributed by atoms with Crippen LogP contribution in [0.25, 0.3) is 17.0 Å². The maximum absolute atomic E-state index is 9.01. The van der Waals surface area contributed by atoms with Gasteiger partial charge in [-0.05, 0) is 36.8 Å². The van der Waals surface area contributed by atoms with Crippen LogP contribution < -0.4 is 0 Å². The predicted octanol–water partition coefficient (Wildman–Crippen LogP) is 2.77. The molecule has 4 heteroatoms. The van der Waals surface area contributed by atoms with Crippen molar-refractivity contribution in [3.63, 3.8) is 0 Å². The van der Waals surface area contributed by atoms with E-state index in [0.29, 0.717) is 6.42 Å². The van der Waals surface area contributed by atoms with Gasteiger partial charge in [-0.1, -0.05) is 6.07 Å². The Hall–Kier alpha value is -2.67. The van der Waals surface area contributed by atoms with Crippen molar-refractivity contribution < 1.29 is 0 Å². The molecule has 0 amide bonds. The van der Waals surface area contributed by atoms with Crippen molar-refractivity contribution >= 4 is 5.65 Å². The van der Waals surface area contributed by atoms with Gasteiger partial charge in [0.2, 0.25) is 0 Å². The first-order valence-electron chi connectivity index (χ1n) is 6.05. The van der Waals surface area contributed by atoms with E-state index in [1.807, 2.05) is 47.9 Å². The molecule has 0 aliphatic rings. The molecule has 3 heterocycles. The predicted molar refractivity (Wildman–Crippen MR) is 72.5 cm³/mol. The Morgan fingerprint density at radius 2 is 2.21 bits per heavy atom. The first-order chi connectivity index (χ1) is 9.29. The number of aryl methyl sites for hydroxylation is 1. The standard InChI is InChI=1S/C15H12N4/c1-11-6-9-19-13(5-7-16)15(18-14(19)10-11)12-4-2-3-8-17-12/h2-4,6,8-10H,5H2,1H3. The molecule has 0 atom stereocenters. The van der Waals surface area contributed by atoms with Crippen molar-refractivity contribution in [3.8, 4) is 17.5 Å². The lowest BCUT2D eigenvalue weighted by molar-refractivity contribution is 1.05. The van der Waals surface area contributed by atoms with Gasteiger partial charge in [0.05, 0.1) is 23.9 Å². The third-order valence-corrected chi connectivity index (χ3v) is 3.03. The zero-order valence-electron chi connectivity index (χ0n) is 10.5. The van der Waals surface area contributed by atoms with Gasteiger partial charge in [-0.2, -0.15) is 5.26 Å². The van der Waals surface area contributed by atoms with E-state index in [1.54, 1.807) is 6.20 Å². The molecule has 0 aliphatic heterocycles. The van der Waals surface area contributed by atoms with Gasteiger partial charge in [-0.25, -0.2) is 4.98 Å². The molecular formula is C15H12N4. The number of aromatic nitrogens is 3. The highest BCUT2D eigenvalue weighted by molar-refractivity contribution is 5.64. The molecule has 0 unspecified atom stereocenters. The summed E-state index contributed by atoms with van der Waals surface area (Å²) in [6, 6.07) is 11.9. The molecule has 3 rings (SSSR count). The van der Waals surface area contributed by atoms with Crippen molar-refractivity contribution in [2.75, 3.05) is 0 Å². The lowest BCUT2D eigenvalue weighted by Crippen LogP contribution is -1.94. The van der Waals surface area contributed by atoms with E-state index in [-0.39, 0.29) is 0 Å². The molecule has 19 heavy (non-hydrogen) atoms. The van der Waals surface area contributed by atoms with Crippen LogP contribution >= 0.6 is 0 Å². The first kappa shape index (κ1) is 11.4. The summed E-state index contributed by atoms with van der Waals surface area (Å²) in [4.78, 5) is 8.94. The topological polar surface area (TPSA) is 54.0 Å². The highest BCUT2D eigenvalue weighted by Crippen LogP contribution is 2.23. The normalized spacial score (nSPS) is 10.5. The molecule has 0 saturated carbocycles. The number of nitrogens with zero attached hydrogens (tertiary/aromatic N) is 4. The van der Waals surface area contributed by atoms with E-state index in [9.17, 15) is 0 Å². The molecule has 3 aromatic rings. The lowest BCUT2D eigenvalue weighted by atomic mass is 10.2. The molecule has 0 aliphatic carbocycles. The monoisotopic (exact) mass is 248 g/mol. The summed E-state index contributed by atoms with van der Waals surface area (Å²) in [6.07, 6.45) is 4.01. The SMILES string of the molecule is Cc1ccn2c(CC#N)c(-c3ccccn3)nc2c1. The fraction of sp³-hybridized carbons (Fsp3) is 0.133. The zero-order chi connectivity index (χ0) is 13.2. The van der Waals surface area contributed by atoms with Gasteiger partial charge in [0, 0.05) is 12.4 Å². The van der Waals surface area contributed by atoms with E-state index in [2.05, 4.69) is 16.0 Å². The van der Waals surface area contributed by atoms with Gasteiger partial charge in [-0.15, -0.1) is 0 Å². The zero-order valence-corrected chi connectivity index (χ0v) is 10.5. The van der Waals surface area contributed by atoms with E-state index < -0.39 is 0 Å². The van der Waals surface area contributed by atoms with Crippen LogP contribution in [0.2, 0.25) is 0 Å². The number of fused-ring (bicyclic) bond motifs is 1. The maximum atomic E-state index is 9.01. The van der Waals surface area contributed by atoms with Crippen molar-refractivity contribution in [2.24, 2.45) is 0 Å². The Labute approximate surface area is 111 Å². The summed E-state index contributed by atoms with van der Waals surface area (Å²) in [6.45, 7) is 2.03. The highest BCUT2D eigenvalue weighted by Gasteiger charge is 2.14. The van der Waals surface area contributed by atoms with Gasteiger partial charge < -0.3 is 4.40 Å². The summed E-state index contributed by atoms with van der Waals surface area (Å²) < 4.78 is 1.96. The van der Waals surface area contributed by atoms with Crippen molar-refractivity contribution in [1.29, 1.82) is 5.26 Å². The molecule has 3 aromatic heterocycles. The fourth-order valence-corrected chi connectivity index (χ4v) is 2.15. The minimum atomic E-state index is 0.316. The Morgan fingerprint density at radius 1 is 1.32 bits per heavy atom. The molecule has 0 fully saturated rings. The van der Waals surface area contributed by atoms with E-state index in [4.69, 9.17) is 5.26 Å². The van der Waals surface area contributed by atoms with Crippen LogP contribution in [-0.2, 0) is 6.42 Å². The summed E-state index contributed by atoms with van der Waals surface area (Å²) in [7, 11) is 0. The van der Waals surface area contributed by atoms with E-state index in [1.165, 1.54) is 0 Å². The van der Waals surface area contributed by atoms with Crippen LogP contribution in [0.3, 0.4) is 0 Å². The smallest absolute Gasteiger partial charge is 0.138 e. The third kappa shape index (κ3) is 1.95. The van der Waals surface area contributed by atoms with Crippen LogP contribution in [0.15, 0.2) is 42.7 Å². The van der Waals surface area contributed by atoms with Gasteiger partial charge in [0.15, 0.2) is 0 Å². The van der Waals surface area contributed by atoms with Crippen molar-refractivity contribution in [1.82, 2.24) is 14.4 Å². The number of rotatable bonds is 2. The first-order valence-corrected chi connectivity index (χ1v) is 6.05. The average Bonchev–Trinajstić information content (AvgIpc) is 2.78. The molecule has 0 N–H and O–H groups in total. The minimum absolute atomic E-state index is 0.316. The lowest BCUT2D eigenvalue weighted by Gasteiger charge is -2.00. The molecule has 0 aromatic carbocycles. The van der Waals surface area contributed by atoms with E-state index in [0.717, 1.165) is 28.3 Å². The number of nitriles is 1. The Morgan fingerprint density at radius 3 is 2.95 bits per heavy atom. The largest absolute Gasteiger partial charge is 0.302 e. The molecule has 4 nitrogen and oxygen atoms in total. The molecule has 0 radical (unpaired) electrons. The number of hydrogen-bond donors (Lipinski definition) is 0. The van der Waals surface area contributed by atoms with Crippen molar-refractivity contribution in [3.05, 3.63) is 54.0 Å². The Balaban J connectivity index is 2.29. The number of pyridine rings is 2. The molecule has 92 valence electrons. The molecular weight excluding hydrogens is 236 g/mol. The molecule has 0 spiro atoms. The van der Waals surface area contributed by atoms with Crippen LogP contribution in [0.1, 0.15) is 11.3 Å². The summed E-state index contributed by atoms with van der Waals surface area (Å²) in [5.74, 6) is 0. The summed E-state index contributed by atoms with van der Waals surface area (Å²) in [5.41, 5.74) is 4.47. The van der Waals surface area contributed by atoms with Gasteiger partial charge in [0.1, 0.15) is 11.3 Å². The Bertz CT molecular complexity index is 766. The van der Waals surface area contributed by atoms with Crippen LogP contribution in [0.5, 0.6) is 0 Å². The summed E-state index contributed by atoms with van der Waals surface area (Å²) in [5, 5.41) is 9.01. The second-order valence-electron chi connectivity index (χ2n) is 4.39. The molecule has 0 saturated heterocycles. The second kappa shape index (κ2) is 4.54. The van der Waals surface area contributed by atoms with Crippen molar-refractivity contribution in [2.45, 2.75) is 13.3 Å².